The first kappa shape index (κ1) is 18.2. The first-order valence-electron chi connectivity index (χ1n) is 9.02. The summed E-state index contributed by atoms with van der Waals surface area (Å²) in [6, 6.07) is 0. The minimum atomic E-state index is -0.217. The van der Waals surface area contributed by atoms with Crippen LogP contribution in [-0.4, -0.2) is 25.2 Å². The smallest absolute Gasteiger partial charge is 0.0234 e. The quantitative estimate of drug-likeness (QED) is 0.637. The van der Waals surface area contributed by atoms with Crippen LogP contribution in [0.5, 0.6) is 0 Å². The van der Waals surface area contributed by atoms with Crippen molar-refractivity contribution in [2.45, 2.75) is 71.3 Å². The van der Waals surface area contributed by atoms with Crippen LogP contribution in [0.2, 0.25) is 0 Å². The standard InChI is InChI=1S/C18H38N4/c1-15(2)9-16(3,12-20)11-18(22,10-15)17(13-21)6-4-5-14(7-17)8-19/h14H,4-13,19-22H2,1-3H3. The van der Waals surface area contributed by atoms with E-state index in [9.17, 15) is 0 Å². The van der Waals surface area contributed by atoms with E-state index in [4.69, 9.17) is 22.9 Å². The van der Waals surface area contributed by atoms with Gasteiger partial charge in [-0.05, 0) is 74.9 Å². The van der Waals surface area contributed by atoms with Crippen LogP contribution in [0.3, 0.4) is 0 Å². The molecule has 0 radical (unpaired) electrons. The fraction of sp³-hybridized carbons (Fsp3) is 1.00. The van der Waals surface area contributed by atoms with Crippen molar-refractivity contribution in [3.05, 3.63) is 0 Å². The second-order valence-corrected chi connectivity index (χ2v) is 9.55. The van der Waals surface area contributed by atoms with Gasteiger partial charge in [-0.25, -0.2) is 0 Å². The number of hydrogen-bond donors (Lipinski definition) is 4. The van der Waals surface area contributed by atoms with Gasteiger partial charge in [0.25, 0.3) is 0 Å². The van der Waals surface area contributed by atoms with Gasteiger partial charge in [0.05, 0.1) is 0 Å². The first-order chi connectivity index (χ1) is 10.1. The zero-order chi connectivity index (χ0) is 16.6. The fourth-order valence-corrected chi connectivity index (χ4v) is 6.01. The molecule has 22 heavy (non-hydrogen) atoms. The Morgan fingerprint density at radius 1 is 0.955 bits per heavy atom. The summed E-state index contributed by atoms with van der Waals surface area (Å²) < 4.78 is 0. The van der Waals surface area contributed by atoms with Crippen molar-refractivity contribution in [3.8, 4) is 0 Å². The molecule has 2 fully saturated rings. The van der Waals surface area contributed by atoms with Gasteiger partial charge in [-0.2, -0.15) is 0 Å². The highest BCUT2D eigenvalue weighted by atomic mass is 14.9. The van der Waals surface area contributed by atoms with E-state index in [1.165, 1.54) is 12.8 Å². The van der Waals surface area contributed by atoms with Crippen molar-refractivity contribution in [3.63, 3.8) is 0 Å². The van der Waals surface area contributed by atoms with E-state index in [1.807, 2.05) is 0 Å². The van der Waals surface area contributed by atoms with Crippen LogP contribution in [0.15, 0.2) is 0 Å². The third kappa shape index (κ3) is 3.21. The van der Waals surface area contributed by atoms with E-state index in [0.717, 1.165) is 38.6 Å². The van der Waals surface area contributed by atoms with Crippen molar-refractivity contribution in [1.29, 1.82) is 0 Å². The molecule has 0 aromatic carbocycles. The Morgan fingerprint density at radius 2 is 1.64 bits per heavy atom. The van der Waals surface area contributed by atoms with Gasteiger partial charge in [-0.3, -0.25) is 0 Å². The molecule has 0 amide bonds. The van der Waals surface area contributed by atoms with Gasteiger partial charge >= 0.3 is 0 Å². The number of hydrogen-bond acceptors (Lipinski definition) is 4. The van der Waals surface area contributed by atoms with Gasteiger partial charge in [0.2, 0.25) is 0 Å². The Kier molecular flexibility index (Phi) is 5.00. The summed E-state index contributed by atoms with van der Waals surface area (Å²) in [7, 11) is 0. The average Bonchev–Trinajstić information content (AvgIpc) is 2.44. The lowest BCUT2D eigenvalue weighted by Crippen LogP contribution is -2.66. The third-order valence-corrected chi connectivity index (χ3v) is 6.66. The molecular formula is C18H38N4. The van der Waals surface area contributed by atoms with Crippen LogP contribution < -0.4 is 22.9 Å². The van der Waals surface area contributed by atoms with Gasteiger partial charge in [0, 0.05) is 11.0 Å². The van der Waals surface area contributed by atoms with Crippen molar-refractivity contribution in [2.24, 2.45) is 45.1 Å². The van der Waals surface area contributed by atoms with Crippen LogP contribution in [-0.2, 0) is 0 Å². The summed E-state index contributed by atoms with van der Waals surface area (Å²) in [6.07, 6.45) is 7.86. The number of rotatable bonds is 4. The molecule has 0 bridgehead atoms. The van der Waals surface area contributed by atoms with Crippen molar-refractivity contribution < 1.29 is 0 Å². The Bertz CT molecular complexity index is 397. The summed E-state index contributed by atoms with van der Waals surface area (Å²) in [6.45, 7) is 9.13. The largest absolute Gasteiger partial charge is 0.330 e. The normalized spacial score (nSPS) is 45.7. The summed E-state index contributed by atoms with van der Waals surface area (Å²) in [4.78, 5) is 0. The molecule has 0 saturated heterocycles. The van der Waals surface area contributed by atoms with Crippen LogP contribution in [0, 0.1) is 22.2 Å². The van der Waals surface area contributed by atoms with Crippen molar-refractivity contribution >= 4 is 0 Å². The zero-order valence-corrected chi connectivity index (χ0v) is 15.0. The molecule has 0 aromatic rings. The monoisotopic (exact) mass is 310 g/mol. The Morgan fingerprint density at radius 3 is 2.18 bits per heavy atom. The van der Waals surface area contributed by atoms with Gasteiger partial charge in [-0.1, -0.05) is 27.2 Å². The molecule has 4 heteroatoms. The molecule has 2 aliphatic carbocycles. The Balaban J connectivity index is 2.36. The van der Waals surface area contributed by atoms with Gasteiger partial charge in [0.1, 0.15) is 0 Å². The molecule has 130 valence electrons. The Labute approximate surface area is 136 Å². The summed E-state index contributed by atoms with van der Waals surface area (Å²) in [5.41, 5.74) is 25.8. The molecule has 4 atom stereocenters. The molecule has 0 aliphatic heterocycles. The molecule has 0 heterocycles. The van der Waals surface area contributed by atoms with Crippen LogP contribution in [0.1, 0.15) is 65.7 Å². The van der Waals surface area contributed by atoms with E-state index >= 15 is 0 Å². The van der Waals surface area contributed by atoms with Crippen LogP contribution in [0.4, 0.5) is 0 Å². The molecule has 2 rings (SSSR count). The lowest BCUT2D eigenvalue weighted by Gasteiger charge is -2.61. The van der Waals surface area contributed by atoms with E-state index < -0.39 is 0 Å². The highest BCUT2D eigenvalue weighted by Gasteiger charge is 2.57. The van der Waals surface area contributed by atoms with Gasteiger partial charge in [-0.15, -0.1) is 0 Å². The molecule has 2 saturated carbocycles. The lowest BCUT2D eigenvalue weighted by atomic mass is 9.48. The topological polar surface area (TPSA) is 104 Å². The SMILES string of the molecule is CC1(C)CC(C)(CN)CC(N)(C2(CN)CCCC(CN)C2)C1. The summed E-state index contributed by atoms with van der Waals surface area (Å²) in [5, 5.41) is 0. The lowest BCUT2D eigenvalue weighted by molar-refractivity contribution is -0.0545. The molecule has 4 unspecified atom stereocenters. The highest BCUT2D eigenvalue weighted by Crippen LogP contribution is 2.58. The maximum atomic E-state index is 7.15. The van der Waals surface area contributed by atoms with Crippen LogP contribution in [0.25, 0.3) is 0 Å². The maximum Gasteiger partial charge on any atom is 0.0234 e. The number of nitrogens with two attached hydrogens (primary N) is 4. The second-order valence-electron chi connectivity index (χ2n) is 9.55. The maximum absolute atomic E-state index is 7.15. The predicted molar refractivity (Wildman–Crippen MR) is 94.2 cm³/mol. The van der Waals surface area contributed by atoms with Crippen molar-refractivity contribution in [1.82, 2.24) is 0 Å². The second kappa shape index (κ2) is 6.04. The summed E-state index contributed by atoms with van der Waals surface area (Å²) in [5.74, 6) is 0.576. The van der Waals surface area contributed by atoms with E-state index in [0.29, 0.717) is 19.0 Å². The molecule has 0 aromatic heterocycles. The first-order valence-corrected chi connectivity index (χ1v) is 9.02. The van der Waals surface area contributed by atoms with Gasteiger partial charge < -0.3 is 22.9 Å². The van der Waals surface area contributed by atoms with E-state index in [-0.39, 0.29) is 21.8 Å². The summed E-state index contributed by atoms with van der Waals surface area (Å²) >= 11 is 0. The molecule has 0 spiro atoms. The highest BCUT2D eigenvalue weighted by molar-refractivity contribution is 5.13. The third-order valence-electron chi connectivity index (χ3n) is 6.66. The average molecular weight is 311 g/mol. The van der Waals surface area contributed by atoms with Gasteiger partial charge in [0.15, 0.2) is 0 Å². The zero-order valence-electron chi connectivity index (χ0n) is 15.0. The Hall–Kier alpha value is -0.160. The minimum absolute atomic E-state index is 0.0312. The van der Waals surface area contributed by atoms with Crippen LogP contribution >= 0.6 is 0 Å². The molecule has 4 nitrogen and oxygen atoms in total. The fourth-order valence-electron chi connectivity index (χ4n) is 6.01. The predicted octanol–water partition coefficient (Wildman–Crippen LogP) is 1.95. The van der Waals surface area contributed by atoms with E-state index in [1.54, 1.807) is 0 Å². The molecular weight excluding hydrogens is 272 g/mol. The molecule has 8 N–H and O–H groups in total. The molecule has 2 aliphatic rings. The van der Waals surface area contributed by atoms with Crippen molar-refractivity contribution in [2.75, 3.05) is 19.6 Å². The van der Waals surface area contributed by atoms with E-state index in [2.05, 4.69) is 20.8 Å². The minimum Gasteiger partial charge on any atom is -0.330 e.